The zero-order chi connectivity index (χ0) is 12.5. The van der Waals surface area contributed by atoms with Crippen molar-refractivity contribution < 1.29 is 4.74 Å². The molecule has 1 atom stereocenters. The summed E-state index contributed by atoms with van der Waals surface area (Å²) >= 11 is 0. The Morgan fingerprint density at radius 2 is 1.82 bits per heavy atom. The second kappa shape index (κ2) is 7.86. The molecule has 1 aromatic carbocycles. The highest BCUT2D eigenvalue weighted by atomic mass is 16.5. The molecule has 0 heterocycles. The quantitative estimate of drug-likeness (QED) is 0.714. The summed E-state index contributed by atoms with van der Waals surface area (Å²) in [5, 5.41) is 8.77. The summed E-state index contributed by atoms with van der Waals surface area (Å²) in [5.41, 5.74) is 2.52. The molecule has 0 aromatic heterocycles. The summed E-state index contributed by atoms with van der Waals surface area (Å²) in [5.74, 6) is 0. The number of nitriles is 1. The van der Waals surface area contributed by atoms with Crippen LogP contribution in [0.25, 0.3) is 0 Å². The number of rotatable bonds is 7. The normalized spacial score (nSPS) is 12.1. The SMILES string of the molecule is CCCCc1ccc(COC(C#N)CC)cc1. The molecule has 2 heteroatoms. The van der Waals surface area contributed by atoms with Gasteiger partial charge in [-0.05, 0) is 30.4 Å². The lowest BCUT2D eigenvalue weighted by molar-refractivity contribution is 0.0745. The first-order valence-corrected chi connectivity index (χ1v) is 6.39. The summed E-state index contributed by atoms with van der Waals surface area (Å²) in [6, 6.07) is 10.6. The Hall–Kier alpha value is -1.33. The van der Waals surface area contributed by atoms with E-state index in [0.717, 1.165) is 18.4 Å². The highest BCUT2D eigenvalue weighted by Gasteiger charge is 2.04. The minimum Gasteiger partial charge on any atom is -0.359 e. The Balaban J connectivity index is 2.43. The number of hydrogen-bond acceptors (Lipinski definition) is 2. The maximum Gasteiger partial charge on any atom is 0.144 e. The zero-order valence-electron chi connectivity index (χ0n) is 10.8. The van der Waals surface area contributed by atoms with Gasteiger partial charge in [0.15, 0.2) is 0 Å². The van der Waals surface area contributed by atoms with Crippen molar-refractivity contribution in [3.8, 4) is 6.07 Å². The molecule has 0 fully saturated rings. The van der Waals surface area contributed by atoms with E-state index in [0.29, 0.717) is 6.61 Å². The van der Waals surface area contributed by atoms with Crippen LogP contribution >= 0.6 is 0 Å². The number of hydrogen-bond donors (Lipinski definition) is 0. The van der Waals surface area contributed by atoms with E-state index in [1.165, 1.54) is 18.4 Å². The van der Waals surface area contributed by atoms with Gasteiger partial charge in [0.2, 0.25) is 0 Å². The molecule has 0 saturated heterocycles. The lowest BCUT2D eigenvalue weighted by atomic mass is 10.1. The average Bonchev–Trinajstić information content (AvgIpc) is 2.39. The van der Waals surface area contributed by atoms with Crippen molar-refractivity contribution >= 4 is 0 Å². The third kappa shape index (κ3) is 5.01. The van der Waals surface area contributed by atoms with E-state index in [-0.39, 0.29) is 6.10 Å². The van der Waals surface area contributed by atoms with Crippen molar-refractivity contribution in [2.45, 2.75) is 52.2 Å². The van der Waals surface area contributed by atoms with Gasteiger partial charge in [0.25, 0.3) is 0 Å². The predicted molar refractivity (Wildman–Crippen MR) is 69.5 cm³/mol. The van der Waals surface area contributed by atoms with Crippen LogP contribution in [0.1, 0.15) is 44.2 Å². The molecule has 0 radical (unpaired) electrons. The Labute approximate surface area is 104 Å². The van der Waals surface area contributed by atoms with E-state index in [1.807, 2.05) is 6.92 Å². The second-order valence-corrected chi connectivity index (χ2v) is 4.26. The number of aryl methyl sites for hydroxylation is 1. The van der Waals surface area contributed by atoms with Gasteiger partial charge in [0, 0.05) is 0 Å². The van der Waals surface area contributed by atoms with Crippen molar-refractivity contribution in [1.82, 2.24) is 0 Å². The zero-order valence-corrected chi connectivity index (χ0v) is 10.8. The van der Waals surface area contributed by atoms with Gasteiger partial charge in [0.1, 0.15) is 6.10 Å². The second-order valence-electron chi connectivity index (χ2n) is 4.26. The molecule has 1 rings (SSSR count). The molecule has 92 valence electrons. The summed E-state index contributed by atoms with van der Waals surface area (Å²) in [6.45, 7) is 4.69. The van der Waals surface area contributed by atoms with Gasteiger partial charge < -0.3 is 4.74 Å². The lowest BCUT2D eigenvalue weighted by Gasteiger charge is -2.08. The van der Waals surface area contributed by atoms with Crippen LogP contribution < -0.4 is 0 Å². The summed E-state index contributed by atoms with van der Waals surface area (Å²) in [7, 11) is 0. The lowest BCUT2D eigenvalue weighted by Crippen LogP contribution is -2.08. The monoisotopic (exact) mass is 231 g/mol. The third-order valence-electron chi connectivity index (χ3n) is 2.81. The van der Waals surface area contributed by atoms with E-state index >= 15 is 0 Å². The molecular formula is C15H21NO. The van der Waals surface area contributed by atoms with E-state index in [9.17, 15) is 0 Å². The van der Waals surface area contributed by atoms with Gasteiger partial charge in [-0.15, -0.1) is 0 Å². The Morgan fingerprint density at radius 3 is 2.35 bits per heavy atom. The molecule has 17 heavy (non-hydrogen) atoms. The fraction of sp³-hybridized carbons (Fsp3) is 0.533. The standard InChI is InChI=1S/C15H21NO/c1-3-5-6-13-7-9-14(10-8-13)12-17-15(4-2)11-16/h7-10,15H,3-6,12H2,1-2H3. The first kappa shape index (κ1) is 13.7. The summed E-state index contributed by atoms with van der Waals surface area (Å²) in [4.78, 5) is 0. The van der Waals surface area contributed by atoms with Gasteiger partial charge in [-0.1, -0.05) is 44.5 Å². The smallest absolute Gasteiger partial charge is 0.144 e. The maximum absolute atomic E-state index is 8.77. The molecular weight excluding hydrogens is 210 g/mol. The molecule has 0 spiro atoms. The van der Waals surface area contributed by atoms with Gasteiger partial charge in [-0.2, -0.15) is 5.26 Å². The van der Waals surface area contributed by atoms with Crippen LogP contribution in [0.4, 0.5) is 0 Å². The first-order valence-electron chi connectivity index (χ1n) is 6.39. The molecule has 0 amide bonds. The van der Waals surface area contributed by atoms with Crippen molar-refractivity contribution in [2.75, 3.05) is 0 Å². The first-order chi connectivity index (χ1) is 8.30. The molecule has 0 saturated carbocycles. The highest BCUT2D eigenvalue weighted by molar-refractivity contribution is 5.22. The largest absolute Gasteiger partial charge is 0.359 e. The molecule has 1 aromatic rings. The van der Waals surface area contributed by atoms with Crippen LogP contribution in [0.5, 0.6) is 0 Å². The van der Waals surface area contributed by atoms with Gasteiger partial charge in [-0.3, -0.25) is 0 Å². The third-order valence-corrected chi connectivity index (χ3v) is 2.81. The van der Waals surface area contributed by atoms with Crippen molar-refractivity contribution in [3.63, 3.8) is 0 Å². The van der Waals surface area contributed by atoms with Crippen LogP contribution in [-0.2, 0) is 17.8 Å². The molecule has 0 bridgehead atoms. The average molecular weight is 231 g/mol. The highest BCUT2D eigenvalue weighted by Crippen LogP contribution is 2.10. The number of benzene rings is 1. The molecule has 0 aliphatic carbocycles. The Bertz CT molecular complexity index is 350. The van der Waals surface area contributed by atoms with Crippen LogP contribution in [0.2, 0.25) is 0 Å². The predicted octanol–water partition coefficient (Wildman–Crippen LogP) is 3.85. The number of ether oxygens (including phenoxy) is 1. The Kier molecular flexibility index (Phi) is 6.35. The molecule has 0 aliphatic rings. The van der Waals surface area contributed by atoms with E-state index in [1.54, 1.807) is 0 Å². The minimum atomic E-state index is -0.283. The fourth-order valence-corrected chi connectivity index (χ4v) is 1.63. The van der Waals surface area contributed by atoms with Gasteiger partial charge in [-0.25, -0.2) is 0 Å². The van der Waals surface area contributed by atoms with Crippen molar-refractivity contribution in [1.29, 1.82) is 5.26 Å². The van der Waals surface area contributed by atoms with E-state index in [4.69, 9.17) is 10.00 Å². The van der Waals surface area contributed by atoms with Gasteiger partial charge >= 0.3 is 0 Å². The van der Waals surface area contributed by atoms with E-state index < -0.39 is 0 Å². The topological polar surface area (TPSA) is 33.0 Å². The Morgan fingerprint density at radius 1 is 1.18 bits per heavy atom. The molecule has 2 nitrogen and oxygen atoms in total. The van der Waals surface area contributed by atoms with Crippen LogP contribution in [0, 0.1) is 11.3 Å². The van der Waals surface area contributed by atoms with Crippen molar-refractivity contribution in [3.05, 3.63) is 35.4 Å². The van der Waals surface area contributed by atoms with Crippen molar-refractivity contribution in [2.24, 2.45) is 0 Å². The van der Waals surface area contributed by atoms with Crippen LogP contribution in [0.3, 0.4) is 0 Å². The molecule has 1 unspecified atom stereocenters. The van der Waals surface area contributed by atoms with Crippen LogP contribution in [-0.4, -0.2) is 6.10 Å². The summed E-state index contributed by atoms with van der Waals surface area (Å²) < 4.78 is 5.49. The van der Waals surface area contributed by atoms with Gasteiger partial charge in [0.05, 0.1) is 12.7 Å². The van der Waals surface area contributed by atoms with Crippen LogP contribution in [0.15, 0.2) is 24.3 Å². The molecule has 0 N–H and O–H groups in total. The molecule has 0 aliphatic heterocycles. The number of unbranched alkanes of at least 4 members (excludes halogenated alkanes) is 1. The maximum atomic E-state index is 8.77. The minimum absolute atomic E-state index is 0.283. The number of nitrogens with zero attached hydrogens (tertiary/aromatic N) is 1. The summed E-state index contributed by atoms with van der Waals surface area (Å²) in [6.07, 6.45) is 4.07. The fourth-order valence-electron chi connectivity index (χ4n) is 1.63. The van der Waals surface area contributed by atoms with E-state index in [2.05, 4.69) is 37.3 Å².